The summed E-state index contributed by atoms with van der Waals surface area (Å²) in [5, 5.41) is 0.203. The van der Waals surface area contributed by atoms with Crippen LogP contribution in [0.1, 0.15) is 11.1 Å². The molecule has 4 aromatic rings. The summed E-state index contributed by atoms with van der Waals surface area (Å²) >= 11 is 0. The van der Waals surface area contributed by atoms with Gasteiger partial charge in [-0.3, -0.25) is 13.9 Å². The van der Waals surface area contributed by atoms with E-state index in [0.717, 1.165) is 15.7 Å². The van der Waals surface area contributed by atoms with Crippen LogP contribution in [0.4, 0.5) is 4.39 Å². The largest absolute Gasteiger partial charge is 0.332 e. The predicted molar refractivity (Wildman–Crippen MR) is 105 cm³/mol. The zero-order chi connectivity index (χ0) is 19.8. The second-order valence-electron chi connectivity index (χ2n) is 6.62. The van der Waals surface area contributed by atoms with E-state index in [1.54, 1.807) is 18.2 Å². The van der Waals surface area contributed by atoms with E-state index in [9.17, 15) is 14.0 Å². The van der Waals surface area contributed by atoms with Gasteiger partial charge in [-0.15, -0.1) is 0 Å². The van der Waals surface area contributed by atoms with Gasteiger partial charge in [0.05, 0.1) is 6.54 Å². The smallest absolute Gasteiger partial charge is 0.280 e. The van der Waals surface area contributed by atoms with Gasteiger partial charge in [-0.05, 0) is 13.0 Å². The van der Waals surface area contributed by atoms with Gasteiger partial charge in [-0.25, -0.2) is 19.2 Å². The van der Waals surface area contributed by atoms with Gasteiger partial charge in [-0.2, -0.15) is 0 Å². The minimum Gasteiger partial charge on any atom is -0.280 e. The quantitative estimate of drug-likeness (QED) is 0.551. The molecule has 0 aliphatic carbocycles. The predicted octanol–water partition coefficient (Wildman–Crippen LogP) is 2.65. The number of nitrogens with zero attached hydrogens (tertiary/aromatic N) is 4. The van der Waals surface area contributed by atoms with Crippen molar-refractivity contribution in [2.75, 3.05) is 0 Å². The molecule has 0 spiro atoms. The minimum absolute atomic E-state index is 0.159. The molecule has 4 rings (SSSR count). The molecular formula is C21H17FN4O2. The normalized spacial score (nSPS) is 11.1. The van der Waals surface area contributed by atoms with Crippen LogP contribution in [0.2, 0.25) is 0 Å². The van der Waals surface area contributed by atoms with Crippen molar-refractivity contribution in [3.8, 4) is 11.4 Å². The Morgan fingerprint density at radius 2 is 1.75 bits per heavy atom. The fraction of sp³-hybridized carbons (Fsp3) is 0.143. The van der Waals surface area contributed by atoms with E-state index in [2.05, 4.69) is 9.97 Å². The number of aryl methyl sites for hydroxylation is 2. The topological polar surface area (TPSA) is 69.8 Å². The van der Waals surface area contributed by atoms with E-state index in [0.29, 0.717) is 5.82 Å². The summed E-state index contributed by atoms with van der Waals surface area (Å²) < 4.78 is 16.3. The number of rotatable bonds is 3. The van der Waals surface area contributed by atoms with Crippen molar-refractivity contribution in [1.29, 1.82) is 0 Å². The van der Waals surface area contributed by atoms with E-state index in [-0.39, 0.29) is 23.1 Å². The van der Waals surface area contributed by atoms with Gasteiger partial charge in [0, 0.05) is 24.4 Å². The highest BCUT2D eigenvalue weighted by Gasteiger charge is 2.15. The first kappa shape index (κ1) is 17.8. The summed E-state index contributed by atoms with van der Waals surface area (Å²) in [5.74, 6) is -0.0451. The number of hydrogen-bond acceptors (Lipinski definition) is 4. The zero-order valence-corrected chi connectivity index (χ0v) is 15.4. The van der Waals surface area contributed by atoms with Crippen molar-refractivity contribution < 1.29 is 4.39 Å². The number of aromatic nitrogens is 4. The lowest BCUT2D eigenvalue weighted by Crippen LogP contribution is -2.40. The second kappa shape index (κ2) is 6.84. The first-order chi connectivity index (χ1) is 13.5. The summed E-state index contributed by atoms with van der Waals surface area (Å²) in [6.07, 6.45) is 1.41. The van der Waals surface area contributed by atoms with Crippen LogP contribution >= 0.6 is 0 Å². The molecule has 0 N–H and O–H groups in total. The van der Waals surface area contributed by atoms with E-state index in [1.807, 2.05) is 31.2 Å². The van der Waals surface area contributed by atoms with E-state index >= 15 is 0 Å². The molecule has 2 aromatic heterocycles. The summed E-state index contributed by atoms with van der Waals surface area (Å²) in [6, 6.07) is 13.7. The lowest BCUT2D eigenvalue weighted by atomic mass is 10.1. The van der Waals surface area contributed by atoms with E-state index in [1.165, 1.54) is 23.9 Å². The first-order valence-electron chi connectivity index (χ1n) is 8.73. The molecule has 7 heteroatoms. The molecule has 0 fully saturated rings. The summed E-state index contributed by atoms with van der Waals surface area (Å²) in [6.45, 7) is 1.82. The van der Waals surface area contributed by atoms with Gasteiger partial charge < -0.3 is 0 Å². The molecule has 0 unspecified atom stereocenters. The molecule has 2 aromatic carbocycles. The van der Waals surface area contributed by atoms with Crippen LogP contribution in [0, 0.1) is 12.7 Å². The molecule has 0 amide bonds. The van der Waals surface area contributed by atoms with E-state index in [4.69, 9.17) is 0 Å². The highest BCUT2D eigenvalue weighted by molar-refractivity contribution is 5.75. The Labute approximate surface area is 159 Å². The number of fused-ring (bicyclic) bond motifs is 1. The fourth-order valence-electron chi connectivity index (χ4n) is 3.06. The highest BCUT2D eigenvalue weighted by Crippen LogP contribution is 2.17. The van der Waals surface area contributed by atoms with Gasteiger partial charge in [0.1, 0.15) is 11.2 Å². The van der Waals surface area contributed by atoms with Crippen LogP contribution < -0.4 is 11.2 Å². The lowest BCUT2D eigenvalue weighted by molar-refractivity contribution is 0.582. The van der Waals surface area contributed by atoms with Crippen molar-refractivity contribution in [3.63, 3.8) is 0 Å². The first-order valence-corrected chi connectivity index (χ1v) is 8.73. The monoisotopic (exact) mass is 376 g/mol. The molecule has 0 aliphatic heterocycles. The molecule has 2 heterocycles. The van der Waals surface area contributed by atoms with Gasteiger partial charge >= 0.3 is 5.69 Å². The number of hydrogen-bond donors (Lipinski definition) is 0. The summed E-state index contributed by atoms with van der Waals surface area (Å²) in [7, 11) is 1.54. The van der Waals surface area contributed by atoms with Crippen LogP contribution in [0.15, 0.2) is 64.3 Å². The minimum atomic E-state index is -0.561. The summed E-state index contributed by atoms with van der Waals surface area (Å²) in [4.78, 5) is 34.3. The third-order valence-corrected chi connectivity index (χ3v) is 4.68. The molecule has 0 aliphatic rings. The maximum atomic E-state index is 14.0. The molecule has 28 heavy (non-hydrogen) atoms. The van der Waals surface area contributed by atoms with Gasteiger partial charge in [0.15, 0.2) is 11.5 Å². The van der Waals surface area contributed by atoms with Gasteiger partial charge in [-0.1, -0.05) is 48.0 Å². The van der Waals surface area contributed by atoms with Crippen molar-refractivity contribution in [1.82, 2.24) is 19.1 Å². The third kappa shape index (κ3) is 3.00. The van der Waals surface area contributed by atoms with E-state index < -0.39 is 17.1 Å². The molecule has 0 saturated heterocycles. The molecule has 0 saturated carbocycles. The Morgan fingerprint density at radius 1 is 1.04 bits per heavy atom. The van der Waals surface area contributed by atoms with Crippen LogP contribution in [0.25, 0.3) is 22.4 Å². The van der Waals surface area contributed by atoms with Crippen molar-refractivity contribution in [3.05, 3.63) is 92.5 Å². The van der Waals surface area contributed by atoms with Crippen LogP contribution in [0.3, 0.4) is 0 Å². The van der Waals surface area contributed by atoms with Crippen LogP contribution in [-0.4, -0.2) is 19.1 Å². The van der Waals surface area contributed by atoms with Crippen molar-refractivity contribution in [2.24, 2.45) is 7.05 Å². The Balaban J connectivity index is 1.88. The molecule has 140 valence electrons. The maximum Gasteiger partial charge on any atom is 0.332 e. The molecular weight excluding hydrogens is 359 g/mol. The zero-order valence-electron chi connectivity index (χ0n) is 15.4. The molecule has 6 nitrogen and oxygen atoms in total. The average Bonchev–Trinajstić information content (AvgIpc) is 2.71. The summed E-state index contributed by atoms with van der Waals surface area (Å²) in [5.41, 5.74) is 1.29. The standard InChI is InChI=1S/C21H17FN4O2/c1-13-7-9-14(10-8-13)18-23-11-16-19(24-18)25(2)21(28)26(20(16)27)12-15-5-3-4-6-17(15)22/h3-11H,12H2,1-2H3. The molecule has 0 radical (unpaired) electrons. The van der Waals surface area contributed by atoms with Gasteiger partial charge in [0.25, 0.3) is 5.56 Å². The Morgan fingerprint density at radius 3 is 2.46 bits per heavy atom. The Hall–Kier alpha value is -3.61. The fourth-order valence-corrected chi connectivity index (χ4v) is 3.06. The lowest BCUT2D eigenvalue weighted by Gasteiger charge is -2.11. The SMILES string of the molecule is Cc1ccc(-c2ncc3c(=O)n(Cc4ccccc4F)c(=O)n(C)c3n2)cc1. The Kier molecular flexibility index (Phi) is 4.35. The third-order valence-electron chi connectivity index (χ3n) is 4.68. The maximum absolute atomic E-state index is 14.0. The molecule has 0 atom stereocenters. The number of halogens is 1. The molecule has 0 bridgehead atoms. The number of benzene rings is 2. The van der Waals surface area contributed by atoms with Crippen LogP contribution in [0.5, 0.6) is 0 Å². The van der Waals surface area contributed by atoms with Crippen molar-refractivity contribution >= 4 is 11.0 Å². The Bertz CT molecular complexity index is 1310. The highest BCUT2D eigenvalue weighted by atomic mass is 19.1. The van der Waals surface area contributed by atoms with Crippen LogP contribution in [-0.2, 0) is 13.6 Å². The average molecular weight is 376 g/mol. The second-order valence-corrected chi connectivity index (χ2v) is 6.62. The van der Waals surface area contributed by atoms with Crippen molar-refractivity contribution in [2.45, 2.75) is 13.5 Å². The van der Waals surface area contributed by atoms with Gasteiger partial charge in [0.2, 0.25) is 0 Å².